The number of carbonyl (C=O) groups is 3. The largest absolute Gasteiger partial charge is 0.444 e. The van der Waals surface area contributed by atoms with E-state index in [0.717, 1.165) is 16.9 Å². The maximum atomic E-state index is 14.0. The Balaban J connectivity index is 1.30. The molecule has 48 heavy (non-hydrogen) atoms. The van der Waals surface area contributed by atoms with E-state index in [4.69, 9.17) is 20.2 Å². The monoisotopic (exact) mass is 652 g/mol. The van der Waals surface area contributed by atoms with Crippen LogP contribution in [0.2, 0.25) is 0 Å². The van der Waals surface area contributed by atoms with E-state index in [1.807, 2.05) is 59.5 Å². The summed E-state index contributed by atoms with van der Waals surface area (Å²) in [5.74, 6) is -0.370. The van der Waals surface area contributed by atoms with Crippen LogP contribution in [0.4, 0.5) is 27.5 Å². The number of anilines is 4. The molecule has 4 N–H and O–H groups in total. The Bertz CT molecular complexity index is 1790. The van der Waals surface area contributed by atoms with Crippen LogP contribution in [0.25, 0.3) is 10.9 Å². The van der Waals surface area contributed by atoms with Crippen LogP contribution in [0.1, 0.15) is 23.0 Å². The summed E-state index contributed by atoms with van der Waals surface area (Å²) in [6.45, 7) is 4.86. The number of nitrogens with one attached hydrogen (secondary N) is 2. The minimum absolute atomic E-state index is 0.0104. The lowest BCUT2D eigenvalue weighted by molar-refractivity contribution is -0.129. The Hall–Kier alpha value is -5.27. The molecule has 3 atom stereocenters. The maximum Gasteiger partial charge on any atom is 0.412 e. The summed E-state index contributed by atoms with van der Waals surface area (Å²) in [5, 5.41) is 6.40. The van der Waals surface area contributed by atoms with Gasteiger partial charge in [0.15, 0.2) is 5.69 Å². The van der Waals surface area contributed by atoms with Gasteiger partial charge in [0.1, 0.15) is 6.61 Å². The third-order valence-corrected chi connectivity index (χ3v) is 8.87. The molecule has 1 unspecified atom stereocenters. The third-order valence-electron chi connectivity index (χ3n) is 8.87. The fraction of sp³-hybridized carbons (Fsp3) is 0.343. The number of nitrogens with zero attached hydrogens (tertiary/aromatic N) is 5. The predicted octanol–water partition coefficient (Wildman–Crippen LogP) is 3.71. The summed E-state index contributed by atoms with van der Waals surface area (Å²) in [6, 6.07) is 18.2. The van der Waals surface area contributed by atoms with E-state index < -0.39 is 12.0 Å². The summed E-state index contributed by atoms with van der Waals surface area (Å²) >= 11 is 0. The smallest absolute Gasteiger partial charge is 0.412 e. The van der Waals surface area contributed by atoms with Gasteiger partial charge in [0.2, 0.25) is 5.91 Å². The molecule has 13 heteroatoms. The average molecular weight is 653 g/mol. The van der Waals surface area contributed by atoms with Crippen LogP contribution in [-0.2, 0) is 20.9 Å². The lowest BCUT2D eigenvalue weighted by atomic mass is 9.92. The summed E-state index contributed by atoms with van der Waals surface area (Å²) < 4.78 is 11.1. The number of piperazine rings is 1. The van der Waals surface area contributed by atoms with Crippen LogP contribution < -0.4 is 26.2 Å². The first-order chi connectivity index (χ1) is 23.2. The highest BCUT2D eigenvalue weighted by Gasteiger charge is 2.33. The molecule has 13 nitrogen and oxygen atoms in total. The Morgan fingerprint density at radius 3 is 2.56 bits per heavy atom. The molecule has 2 fully saturated rings. The Morgan fingerprint density at radius 1 is 1.00 bits per heavy atom. The molecule has 2 aliphatic heterocycles. The number of likely N-dealkylation sites (N-methyl/N-ethyl adjacent to an activating group) is 1. The number of aromatic nitrogens is 2. The lowest BCUT2D eigenvalue weighted by Crippen LogP contribution is -2.56. The normalized spacial score (nSPS) is 19.7. The number of pyridine rings is 2. The van der Waals surface area contributed by atoms with Crippen LogP contribution in [0, 0.1) is 5.92 Å². The van der Waals surface area contributed by atoms with E-state index in [1.54, 1.807) is 37.5 Å². The van der Waals surface area contributed by atoms with Crippen LogP contribution in [-0.4, -0.2) is 91.8 Å². The molecule has 4 heterocycles. The number of carbonyl (C=O) groups excluding carboxylic acids is 3. The molecule has 0 bridgehead atoms. The Morgan fingerprint density at radius 2 is 1.81 bits per heavy atom. The number of piperidine rings is 1. The van der Waals surface area contributed by atoms with E-state index in [9.17, 15) is 14.4 Å². The molecule has 3 amide bonds. The number of hydrogen-bond donors (Lipinski definition) is 3. The van der Waals surface area contributed by atoms with Crippen molar-refractivity contribution in [2.24, 2.45) is 11.7 Å². The van der Waals surface area contributed by atoms with Crippen molar-refractivity contribution in [1.29, 1.82) is 0 Å². The molecule has 2 aromatic heterocycles. The van der Waals surface area contributed by atoms with Crippen molar-refractivity contribution in [3.05, 3.63) is 84.3 Å². The Labute approximate surface area is 279 Å². The standard InChI is InChI=1S/C35H40N8O5/c1-22-18-43(19-26(36)33(22)47-3)30-11-12-37-17-29(30)39-34(45)32-28(40-35(46)48-21-23-7-5-4-6-8-23)15-24-9-10-25(16-27(24)38-32)42-14-13-41(2)31(44)20-42/h4-12,15-17,22,26,33H,13-14,18-21,36H2,1-3H3,(H,39,45)(H,40,46)/t22-,26+,33?/m0/s1. The molecule has 250 valence electrons. The molecule has 4 aromatic rings. The first kappa shape index (κ1) is 32.7. The van der Waals surface area contributed by atoms with Gasteiger partial charge in [-0.3, -0.25) is 19.9 Å². The van der Waals surface area contributed by atoms with Gasteiger partial charge in [0, 0.05) is 69.6 Å². The summed E-state index contributed by atoms with van der Waals surface area (Å²) in [4.78, 5) is 54.2. The van der Waals surface area contributed by atoms with Gasteiger partial charge in [-0.15, -0.1) is 0 Å². The molecule has 0 radical (unpaired) electrons. The van der Waals surface area contributed by atoms with Gasteiger partial charge in [-0.2, -0.15) is 0 Å². The van der Waals surface area contributed by atoms with Gasteiger partial charge in [0.25, 0.3) is 5.91 Å². The number of amides is 3. The fourth-order valence-electron chi connectivity index (χ4n) is 6.32. The SMILES string of the molecule is COC1[C@H](N)CN(c2ccncc2NC(=O)c2nc3cc(N4CCN(C)C(=O)C4)ccc3cc2NC(=O)OCc2ccccc2)C[C@@H]1C. The van der Waals surface area contributed by atoms with Gasteiger partial charge in [-0.1, -0.05) is 43.3 Å². The number of rotatable bonds is 8. The topological polar surface area (TPSA) is 155 Å². The van der Waals surface area contributed by atoms with E-state index >= 15 is 0 Å². The molecule has 0 spiro atoms. The zero-order valence-electron chi connectivity index (χ0n) is 27.3. The predicted molar refractivity (Wildman–Crippen MR) is 184 cm³/mol. The number of methoxy groups -OCH3 is 1. The van der Waals surface area contributed by atoms with Crippen molar-refractivity contribution in [3.63, 3.8) is 0 Å². The molecule has 2 aromatic carbocycles. The quantitative estimate of drug-likeness (QED) is 0.257. The molecular formula is C35H40N8O5. The number of nitrogens with two attached hydrogens (primary N) is 1. The third kappa shape index (κ3) is 7.16. The van der Waals surface area contributed by atoms with Crippen LogP contribution in [0.3, 0.4) is 0 Å². The maximum absolute atomic E-state index is 14.0. The number of ether oxygens (including phenoxy) is 2. The fourth-order valence-corrected chi connectivity index (χ4v) is 6.32. The van der Waals surface area contributed by atoms with Gasteiger partial charge in [0.05, 0.1) is 41.4 Å². The molecule has 6 rings (SSSR count). The van der Waals surface area contributed by atoms with E-state index in [-0.39, 0.29) is 48.5 Å². The number of hydrogen-bond acceptors (Lipinski definition) is 10. The van der Waals surface area contributed by atoms with Crippen LogP contribution in [0.5, 0.6) is 0 Å². The van der Waals surface area contributed by atoms with Crippen molar-refractivity contribution >= 4 is 51.6 Å². The molecule has 0 aliphatic carbocycles. The summed E-state index contributed by atoms with van der Waals surface area (Å²) in [7, 11) is 3.46. The minimum atomic E-state index is -0.729. The van der Waals surface area contributed by atoms with E-state index in [2.05, 4.69) is 27.4 Å². The van der Waals surface area contributed by atoms with Crippen molar-refractivity contribution < 1.29 is 23.9 Å². The first-order valence-electron chi connectivity index (χ1n) is 15.9. The summed E-state index contributed by atoms with van der Waals surface area (Å²) in [6.07, 6.45) is 2.44. The van der Waals surface area contributed by atoms with Crippen molar-refractivity contribution in [2.75, 3.05) is 67.3 Å². The van der Waals surface area contributed by atoms with Crippen molar-refractivity contribution in [1.82, 2.24) is 14.9 Å². The second-order valence-corrected chi connectivity index (χ2v) is 12.3. The zero-order chi connectivity index (χ0) is 33.8. The lowest BCUT2D eigenvalue weighted by Gasteiger charge is -2.41. The molecule has 0 saturated carbocycles. The molecule has 2 aliphatic rings. The highest BCUT2D eigenvalue weighted by atomic mass is 16.5. The number of benzene rings is 2. The van der Waals surface area contributed by atoms with Crippen molar-refractivity contribution in [2.45, 2.75) is 25.7 Å². The minimum Gasteiger partial charge on any atom is -0.444 e. The second-order valence-electron chi connectivity index (χ2n) is 12.3. The van der Waals surface area contributed by atoms with E-state index in [1.165, 1.54) is 0 Å². The van der Waals surface area contributed by atoms with Crippen molar-refractivity contribution in [3.8, 4) is 0 Å². The van der Waals surface area contributed by atoms with Gasteiger partial charge in [-0.25, -0.2) is 9.78 Å². The average Bonchev–Trinajstić information content (AvgIpc) is 3.08. The van der Waals surface area contributed by atoms with E-state index in [0.29, 0.717) is 42.8 Å². The first-order valence-corrected chi connectivity index (χ1v) is 15.9. The molecule has 2 saturated heterocycles. The van der Waals surface area contributed by atoms with Crippen LogP contribution in [0.15, 0.2) is 73.1 Å². The number of fused-ring (bicyclic) bond motifs is 1. The zero-order valence-corrected chi connectivity index (χ0v) is 27.3. The Kier molecular flexibility index (Phi) is 9.69. The second kappa shape index (κ2) is 14.2. The van der Waals surface area contributed by atoms with Gasteiger partial charge < -0.3 is 35.2 Å². The molecular weight excluding hydrogens is 612 g/mol. The van der Waals surface area contributed by atoms with Gasteiger partial charge >= 0.3 is 6.09 Å². The van der Waals surface area contributed by atoms with Gasteiger partial charge in [-0.05, 0) is 29.8 Å². The summed E-state index contributed by atoms with van der Waals surface area (Å²) in [5.41, 5.74) is 10.0. The highest BCUT2D eigenvalue weighted by molar-refractivity contribution is 6.11. The highest BCUT2D eigenvalue weighted by Crippen LogP contribution is 2.32. The van der Waals surface area contributed by atoms with Crippen LogP contribution >= 0.6 is 0 Å².